The lowest BCUT2D eigenvalue weighted by Gasteiger charge is -2.56. The van der Waals surface area contributed by atoms with E-state index >= 15 is 0 Å². The van der Waals surface area contributed by atoms with Crippen LogP contribution in [0, 0.1) is 17.8 Å². The molecule has 0 atom stereocenters. The van der Waals surface area contributed by atoms with Crippen LogP contribution in [0.4, 0.5) is 0 Å². The van der Waals surface area contributed by atoms with Crippen LogP contribution in [0.3, 0.4) is 0 Å². The lowest BCUT2D eigenvalue weighted by atomic mass is 9.49. The zero-order chi connectivity index (χ0) is 28.4. The Morgan fingerprint density at radius 1 is 0.512 bits per heavy atom. The molecule has 4 saturated carbocycles. The summed E-state index contributed by atoms with van der Waals surface area (Å²) in [5.41, 5.74) is 7.00. The fourth-order valence-electron chi connectivity index (χ4n) is 8.47. The molecule has 2 aromatic heterocycles. The number of oxazole rings is 1. The number of rotatable bonds is 5. The molecule has 0 aliphatic heterocycles. The molecular formula is C38H32N4O. The summed E-state index contributed by atoms with van der Waals surface area (Å²) in [6.07, 6.45) is 7.89. The summed E-state index contributed by atoms with van der Waals surface area (Å²) in [6, 6.07) is 35.2. The third kappa shape index (κ3) is 4.37. The van der Waals surface area contributed by atoms with Gasteiger partial charge in [-0.15, -0.1) is 0 Å². The van der Waals surface area contributed by atoms with Gasteiger partial charge < -0.3 is 4.42 Å². The van der Waals surface area contributed by atoms with Crippen LogP contribution < -0.4 is 0 Å². The highest BCUT2D eigenvalue weighted by Gasteiger charge is 2.53. The Balaban J connectivity index is 1.08. The first-order valence-electron chi connectivity index (χ1n) is 15.6. The van der Waals surface area contributed by atoms with Crippen molar-refractivity contribution in [3.63, 3.8) is 0 Å². The van der Waals surface area contributed by atoms with E-state index in [0.29, 0.717) is 5.89 Å². The second kappa shape index (κ2) is 9.70. The minimum absolute atomic E-state index is 0.0987. The number of benzene rings is 4. The van der Waals surface area contributed by atoms with E-state index in [4.69, 9.17) is 24.4 Å². The van der Waals surface area contributed by atoms with E-state index in [0.717, 1.165) is 74.1 Å². The van der Waals surface area contributed by atoms with E-state index in [1.54, 1.807) is 0 Å². The summed E-state index contributed by atoms with van der Waals surface area (Å²) in [5.74, 6) is 5.70. The Hall–Kier alpha value is -4.64. The second-order valence-corrected chi connectivity index (χ2v) is 13.0. The van der Waals surface area contributed by atoms with Crippen molar-refractivity contribution in [2.75, 3.05) is 0 Å². The molecule has 43 heavy (non-hydrogen) atoms. The van der Waals surface area contributed by atoms with Crippen molar-refractivity contribution < 1.29 is 4.42 Å². The van der Waals surface area contributed by atoms with Gasteiger partial charge in [0.1, 0.15) is 11.3 Å². The van der Waals surface area contributed by atoms with Gasteiger partial charge >= 0.3 is 0 Å². The highest BCUT2D eigenvalue weighted by atomic mass is 16.3. The van der Waals surface area contributed by atoms with Gasteiger partial charge in [-0.25, -0.2) is 19.9 Å². The Bertz CT molecular complexity index is 1910. The molecule has 0 unspecified atom stereocenters. The van der Waals surface area contributed by atoms with E-state index in [-0.39, 0.29) is 5.41 Å². The molecule has 4 bridgehead atoms. The van der Waals surface area contributed by atoms with Gasteiger partial charge in [-0.3, -0.25) is 0 Å². The lowest BCUT2D eigenvalue weighted by molar-refractivity contribution is -0.00938. The molecule has 0 N–H and O–H groups in total. The van der Waals surface area contributed by atoms with Crippen LogP contribution in [0.2, 0.25) is 0 Å². The van der Waals surface area contributed by atoms with E-state index in [1.807, 2.05) is 42.5 Å². The van der Waals surface area contributed by atoms with Gasteiger partial charge in [-0.1, -0.05) is 78.9 Å². The maximum absolute atomic E-state index is 6.03. The fourth-order valence-corrected chi connectivity index (χ4v) is 8.47. The first-order chi connectivity index (χ1) is 21.2. The van der Waals surface area contributed by atoms with Crippen molar-refractivity contribution >= 4 is 11.1 Å². The lowest BCUT2D eigenvalue weighted by Crippen LogP contribution is -2.49. The van der Waals surface area contributed by atoms with E-state index in [2.05, 4.69) is 60.7 Å². The van der Waals surface area contributed by atoms with Gasteiger partial charge in [0.2, 0.25) is 5.89 Å². The average molecular weight is 561 g/mol. The molecule has 4 fully saturated rings. The zero-order valence-electron chi connectivity index (χ0n) is 24.0. The normalized spacial score (nSPS) is 24.0. The predicted molar refractivity (Wildman–Crippen MR) is 169 cm³/mol. The summed E-state index contributed by atoms with van der Waals surface area (Å²) in [6.45, 7) is 0. The van der Waals surface area contributed by atoms with Crippen molar-refractivity contribution in [1.82, 2.24) is 19.9 Å². The van der Waals surface area contributed by atoms with E-state index in [9.17, 15) is 0 Å². The third-order valence-corrected chi connectivity index (χ3v) is 10.1. The van der Waals surface area contributed by atoms with E-state index in [1.165, 1.54) is 38.5 Å². The average Bonchev–Trinajstić information content (AvgIpc) is 3.49. The molecule has 10 rings (SSSR count). The summed E-state index contributed by atoms with van der Waals surface area (Å²) in [5, 5.41) is 0. The van der Waals surface area contributed by atoms with Crippen molar-refractivity contribution in [3.8, 4) is 45.4 Å². The third-order valence-electron chi connectivity index (χ3n) is 10.1. The van der Waals surface area contributed by atoms with Crippen LogP contribution >= 0.6 is 0 Å². The second-order valence-electron chi connectivity index (χ2n) is 13.0. The molecule has 5 nitrogen and oxygen atoms in total. The summed E-state index contributed by atoms with van der Waals surface area (Å²) < 4.78 is 6.03. The van der Waals surface area contributed by atoms with Crippen molar-refractivity contribution in [2.24, 2.45) is 17.8 Å². The van der Waals surface area contributed by atoms with Crippen LogP contribution in [0.25, 0.3) is 56.5 Å². The fraction of sp³-hybridized carbons (Fsp3) is 0.263. The molecule has 4 aliphatic rings. The quantitative estimate of drug-likeness (QED) is 0.210. The molecule has 4 aliphatic carbocycles. The van der Waals surface area contributed by atoms with Crippen LogP contribution in [-0.2, 0) is 5.41 Å². The van der Waals surface area contributed by atoms with Crippen molar-refractivity contribution in [3.05, 3.63) is 109 Å². The van der Waals surface area contributed by atoms with Crippen LogP contribution in [-0.4, -0.2) is 19.9 Å². The molecule has 6 aromatic rings. The minimum Gasteiger partial charge on any atom is -0.436 e. The first kappa shape index (κ1) is 24.9. The molecule has 210 valence electrons. The van der Waals surface area contributed by atoms with Gasteiger partial charge in [0.15, 0.2) is 17.2 Å². The number of aromatic nitrogens is 4. The zero-order valence-corrected chi connectivity index (χ0v) is 24.0. The van der Waals surface area contributed by atoms with Gasteiger partial charge in [0.05, 0.1) is 0 Å². The van der Waals surface area contributed by atoms with Gasteiger partial charge in [0, 0.05) is 22.1 Å². The Kier molecular flexibility index (Phi) is 5.62. The van der Waals surface area contributed by atoms with Crippen LogP contribution in [0.1, 0.15) is 44.3 Å². The minimum atomic E-state index is 0.0987. The summed E-state index contributed by atoms with van der Waals surface area (Å²) >= 11 is 0. The Morgan fingerprint density at radius 3 is 1.67 bits per heavy atom. The standard InChI is InChI=1S/C38H32N4O/c1-3-7-28(8-4-1)34-40-35(42-37(41-34)38-21-24-17-25(22-38)19-26(18-24)23-38)29-13-11-27(12-14-29)31-15-16-33-32(20-31)39-36(43-33)30-9-5-2-6-10-30/h1-16,20,24-26H,17-19,21-23H2. The smallest absolute Gasteiger partial charge is 0.227 e. The molecule has 4 aromatic carbocycles. The molecular weight excluding hydrogens is 528 g/mol. The highest BCUT2D eigenvalue weighted by Crippen LogP contribution is 2.60. The Labute approximate surface area is 251 Å². The number of hydrogen-bond acceptors (Lipinski definition) is 5. The molecule has 0 radical (unpaired) electrons. The van der Waals surface area contributed by atoms with Crippen LogP contribution in [0.5, 0.6) is 0 Å². The van der Waals surface area contributed by atoms with Crippen LogP contribution in [0.15, 0.2) is 108 Å². The van der Waals surface area contributed by atoms with E-state index < -0.39 is 0 Å². The molecule has 0 amide bonds. The van der Waals surface area contributed by atoms with Gasteiger partial charge in [0.25, 0.3) is 0 Å². The maximum Gasteiger partial charge on any atom is 0.227 e. The molecule has 5 heteroatoms. The van der Waals surface area contributed by atoms with Crippen molar-refractivity contribution in [2.45, 2.75) is 43.9 Å². The molecule has 0 saturated heterocycles. The first-order valence-corrected chi connectivity index (χ1v) is 15.6. The number of hydrogen-bond donors (Lipinski definition) is 0. The van der Waals surface area contributed by atoms with Gasteiger partial charge in [-0.05, 0) is 91.7 Å². The topological polar surface area (TPSA) is 64.7 Å². The Morgan fingerprint density at radius 2 is 1.05 bits per heavy atom. The number of fused-ring (bicyclic) bond motifs is 1. The number of nitrogens with zero attached hydrogens (tertiary/aromatic N) is 4. The summed E-state index contributed by atoms with van der Waals surface area (Å²) in [7, 11) is 0. The van der Waals surface area contributed by atoms with Crippen molar-refractivity contribution in [1.29, 1.82) is 0 Å². The predicted octanol–water partition coefficient (Wildman–Crippen LogP) is 9.15. The summed E-state index contributed by atoms with van der Waals surface area (Å²) in [4.78, 5) is 20.2. The monoisotopic (exact) mass is 560 g/mol. The van der Waals surface area contributed by atoms with Gasteiger partial charge in [-0.2, -0.15) is 0 Å². The highest BCUT2D eigenvalue weighted by molar-refractivity contribution is 5.83. The SMILES string of the molecule is c1ccc(-c2nc(-c3ccc(-c4ccc5oc(-c6ccccc6)nc5c4)cc3)nc(C34CC5CC(CC(C5)C3)C4)n2)cc1. The largest absolute Gasteiger partial charge is 0.436 e. The molecule has 2 heterocycles. The maximum atomic E-state index is 6.03. The molecule has 0 spiro atoms.